The van der Waals surface area contributed by atoms with Gasteiger partial charge >= 0.3 is 5.97 Å². The van der Waals surface area contributed by atoms with Crippen molar-refractivity contribution in [1.82, 2.24) is 4.98 Å². The fourth-order valence-electron chi connectivity index (χ4n) is 3.13. The summed E-state index contributed by atoms with van der Waals surface area (Å²) in [6, 6.07) is 7.17. The largest absolute Gasteiger partial charge is 0.467 e. The topological polar surface area (TPSA) is 59.5 Å². The number of piperidine rings is 1. The minimum atomic E-state index is -0.274. The molecule has 1 aromatic carbocycles. The van der Waals surface area contributed by atoms with Crippen molar-refractivity contribution in [1.29, 1.82) is 0 Å². The third kappa shape index (κ3) is 2.43. The zero-order chi connectivity index (χ0) is 15.5. The molecule has 1 unspecified atom stereocenters. The fourth-order valence-corrected chi connectivity index (χ4v) is 3.13. The average molecular weight is 298 g/mol. The molecule has 0 aliphatic carbocycles. The van der Waals surface area contributed by atoms with E-state index in [1.54, 1.807) is 12.3 Å². The van der Waals surface area contributed by atoms with Crippen LogP contribution in [0.5, 0.6) is 0 Å². The van der Waals surface area contributed by atoms with E-state index in [-0.39, 0.29) is 12.0 Å². The van der Waals surface area contributed by atoms with Crippen molar-refractivity contribution in [3.8, 4) is 0 Å². The van der Waals surface area contributed by atoms with Gasteiger partial charge in [-0.2, -0.15) is 0 Å². The Hall–Kier alpha value is -2.43. The Labute approximate surface area is 128 Å². The maximum absolute atomic E-state index is 12.1. The minimum absolute atomic E-state index is 0.212. The Bertz CT molecular complexity index is 714. The zero-order valence-corrected chi connectivity index (χ0v) is 12.5. The molecule has 0 radical (unpaired) electrons. The van der Waals surface area contributed by atoms with Crippen LogP contribution >= 0.6 is 0 Å². The first-order valence-electron chi connectivity index (χ1n) is 7.43. The highest BCUT2D eigenvalue weighted by Gasteiger charge is 2.30. The molecule has 0 saturated carbocycles. The Morgan fingerprint density at radius 3 is 3.00 bits per heavy atom. The van der Waals surface area contributed by atoms with Gasteiger partial charge in [-0.3, -0.25) is 9.78 Å². The molecule has 0 bridgehead atoms. The maximum Gasteiger partial charge on any atom is 0.328 e. The zero-order valence-electron chi connectivity index (χ0n) is 12.5. The lowest BCUT2D eigenvalue weighted by molar-refractivity contribution is -0.142. The molecule has 1 aromatic heterocycles. The van der Waals surface area contributed by atoms with Crippen LogP contribution in [-0.2, 0) is 9.53 Å². The third-order valence-electron chi connectivity index (χ3n) is 4.19. The second kappa shape index (κ2) is 6.13. The van der Waals surface area contributed by atoms with Crippen molar-refractivity contribution in [2.75, 3.05) is 18.6 Å². The van der Waals surface area contributed by atoms with Crippen LogP contribution in [0.2, 0.25) is 0 Å². The van der Waals surface area contributed by atoms with Crippen molar-refractivity contribution >= 4 is 28.8 Å². The molecule has 1 aliphatic heterocycles. The number of hydrogen-bond acceptors (Lipinski definition) is 5. The molecule has 5 nitrogen and oxygen atoms in total. The molecule has 114 valence electrons. The first-order chi connectivity index (χ1) is 10.8. The number of aldehydes is 1. The lowest BCUT2D eigenvalue weighted by atomic mass is 9.99. The van der Waals surface area contributed by atoms with Crippen molar-refractivity contribution in [2.24, 2.45) is 0 Å². The van der Waals surface area contributed by atoms with E-state index < -0.39 is 0 Å². The number of hydrogen-bond donors (Lipinski definition) is 0. The maximum atomic E-state index is 12.1. The quantitative estimate of drug-likeness (QED) is 0.644. The van der Waals surface area contributed by atoms with Gasteiger partial charge in [-0.15, -0.1) is 0 Å². The molecule has 1 atom stereocenters. The Morgan fingerprint density at radius 2 is 2.23 bits per heavy atom. The standard InChI is InChI=1S/C17H18N2O3/c1-22-17(21)15-6-2-3-10-19(15)14-8-7-12(11-20)16-13(14)5-4-9-18-16/h4-5,7-9,11,15H,2-3,6,10H2,1H3. The van der Waals surface area contributed by atoms with Crippen LogP contribution in [0.3, 0.4) is 0 Å². The predicted octanol–water partition coefficient (Wildman–Crippen LogP) is 2.58. The molecular weight excluding hydrogens is 280 g/mol. The number of fused-ring (bicyclic) bond motifs is 1. The molecule has 2 heterocycles. The smallest absolute Gasteiger partial charge is 0.328 e. The number of anilines is 1. The highest BCUT2D eigenvalue weighted by atomic mass is 16.5. The van der Waals surface area contributed by atoms with Crippen LogP contribution in [-0.4, -0.2) is 36.9 Å². The van der Waals surface area contributed by atoms with E-state index in [2.05, 4.69) is 9.88 Å². The number of carbonyl (C=O) groups is 2. The van der Waals surface area contributed by atoms with Crippen LogP contribution in [0, 0.1) is 0 Å². The minimum Gasteiger partial charge on any atom is -0.467 e. The molecular formula is C17H18N2O3. The molecule has 0 N–H and O–H groups in total. The number of benzene rings is 1. The fraction of sp³-hybridized carbons (Fsp3) is 0.353. The lowest BCUT2D eigenvalue weighted by Crippen LogP contribution is -2.45. The highest BCUT2D eigenvalue weighted by molar-refractivity contribution is 6.02. The SMILES string of the molecule is COC(=O)C1CCCCN1c1ccc(C=O)c2ncccc12. The lowest BCUT2D eigenvalue weighted by Gasteiger charge is -2.36. The number of ether oxygens (including phenoxy) is 1. The normalized spacial score (nSPS) is 18.2. The van der Waals surface area contributed by atoms with Gasteiger partial charge < -0.3 is 9.64 Å². The van der Waals surface area contributed by atoms with Gasteiger partial charge in [0, 0.05) is 29.4 Å². The van der Waals surface area contributed by atoms with Crippen molar-refractivity contribution < 1.29 is 14.3 Å². The number of pyridine rings is 1. The molecule has 5 heteroatoms. The monoisotopic (exact) mass is 298 g/mol. The third-order valence-corrected chi connectivity index (χ3v) is 4.19. The van der Waals surface area contributed by atoms with E-state index in [0.29, 0.717) is 11.1 Å². The number of methoxy groups -OCH3 is 1. The van der Waals surface area contributed by atoms with Gasteiger partial charge in [0.15, 0.2) is 6.29 Å². The van der Waals surface area contributed by atoms with Crippen LogP contribution < -0.4 is 4.90 Å². The first kappa shape index (κ1) is 14.5. The van der Waals surface area contributed by atoms with E-state index in [0.717, 1.165) is 43.2 Å². The molecule has 3 rings (SSSR count). The van der Waals surface area contributed by atoms with Crippen LogP contribution in [0.1, 0.15) is 29.6 Å². The van der Waals surface area contributed by atoms with Gasteiger partial charge in [0.05, 0.1) is 12.6 Å². The first-order valence-corrected chi connectivity index (χ1v) is 7.43. The number of esters is 1. The summed E-state index contributed by atoms with van der Waals surface area (Å²) in [6.07, 6.45) is 5.31. The summed E-state index contributed by atoms with van der Waals surface area (Å²) < 4.78 is 4.95. The summed E-state index contributed by atoms with van der Waals surface area (Å²) in [5.41, 5.74) is 2.17. The molecule has 0 amide bonds. The predicted molar refractivity (Wildman–Crippen MR) is 84.1 cm³/mol. The average Bonchev–Trinajstić information content (AvgIpc) is 2.60. The van der Waals surface area contributed by atoms with Crippen LogP contribution in [0.15, 0.2) is 30.5 Å². The van der Waals surface area contributed by atoms with Crippen molar-refractivity contribution in [2.45, 2.75) is 25.3 Å². The number of carbonyl (C=O) groups excluding carboxylic acids is 2. The summed E-state index contributed by atoms with van der Waals surface area (Å²) in [7, 11) is 1.42. The second-order valence-electron chi connectivity index (χ2n) is 5.42. The molecule has 2 aromatic rings. The Morgan fingerprint density at radius 1 is 1.36 bits per heavy atom. The summed E-state index contributed by atoms with van der Waals surface area (Å²) >= 11 is 0. The van der Waals surface area contributed by atoms with Gasteiger partial charge in [0.1, 0.15) is 6.04 Å². The summed E-state index contributed by atoms with van der Waals surface area (Å²) in [6.45, 7) is 0.796. The molecule has 1 fully saturated rings. The van der Waals surface area contributed by atoms with E-state index in [1.807, 2.05) is 18.2 Å². The summed E-state index contributed by atoms with van der Waals surface area (Å²) in [5, 5.41) is 0.892. The van der Waals surface area contributed by atoms with E-state index in [9.17, 15) is 9.59 Å². The Balaban J connectivity index is 2.12. The van der Waals surface area contributed by atoms with Gasteiger partial charge in [-0.05, 0) is 43.5 Å². The molecule has 0 spiro atoms. The van der Waals surface area contributed by atoms with E-state index >= 15 is 0 Å². The van der Waals surface area contributed by atoms with Gasteiger partial charge in [0.25, 0.3) is 0 Å². The van der Waals surface area contributed by atoms with Crippen LogP contribution in [0.4, 0.5) is 5.69 Å². The summed E-state index contributed by atoms with van der Waals surface area (Å²) in [4.78, 5) is 29.7. The van der Waals surface area contributed by atoms with Crippen molar-refractivity contribution in [3.63, 3.8) is 0 Å². The van der Waals surface area contributed by atoms with Crippen LogP contribution in [0.25, 0.3) is 10.9 Å². The molecule has 1 aliphatic rings. The van der Waals surface area contributed by atoms with Gasteiger partial charge in [0.2, 0.25) is 0 Å². The summed E-state index contributed by atoms with van der Waals surface area (Å²) in [5.74, 6) is -0.212. The Kier molecular flexibility index (Phi) is 4.04. The number of aromatic nitrogens is 1. The van der Waals surface area contributed by atoms with Crippen molar-refractivity contribution in [3.05, 3.63) is 36.0 Å². The number of nitrogens with zero attached hydrogens (tertiary/aromatic N) is 2. The molecule has 22 heavy (non-hydrogen) atoms. The van der Waals surface area contributed by atoms with Gasteiger partial charge in [-0.25, -0.2) is 4.79 Å². The van der Waals surface area contributed by atoms with E-state index in [4.69, 9.17) is 4.74 Å². The van der Waals surface area contributed by atoms with Gasteiger partial charge in [-0.1, -0.05) is 0 Å². The van der Waals surface area contributed by atoms with E-state index in [1.165, 1.54) is 7.11 Å². The molecule has 1 saturated heterocycles. The highest BCUT2D eigenvalue weighted by Crippen LogP contribution is 2.32. The number of rotatable bonds is 3. The second-order valence-corrected chi connectivity index (χ2v) is 5.42.